The number of nitrogens with zero attached hydrogens (tertiary/aromatic N) is 3. The van der Waals surface area contributed by atoms with Crippen LogP contribution >= 0.6 is 0 Å². The largest absolute Gasteiger partial charge is 0.494 e. The van der Waals surface area contributed by atoms with Crippen molar-refractivity contribution >= 4 is 0 Å². The summed E-state index contributed by atoms with van der Waals surface area (Å²) in [6.45, 7) is 2.72. The molecule has 0 amide bonds. The summed E-state index contributed by atoms with van der Waals surface area (Å²) in [6, 6.07) is 8.02. The van der Waals surface area contributed by atoms with E-state index in [1.807, 2.05) is 24.3 Å². The Morgan fingerprint density at radius 3 is 2.75 bits per heavy atom. The van der Waals surface area contributed by atoms with E-state index in [0.29, 0.717) is 6.61 Å². The summed E-state index contributed by atoms with van der Waals surface area (Å²) >= 11 is 0. The van der Waals surface area contributed by atoms with Gasteiger partial charge in [0.1, 0.15) is 5.75 Å². The van der Waals surface area contributed by atoms with E-state index in [4.69, 9.17) is 4.74 Å². The van der Waals surface area contributed by atoms with Gasteiger partial charge in [0.25, 0.3) is 0 Å². The van der Waals surface area contributed by atoms with E-state index >= 15 is 0 Å². The van der Waals surface area contributed by atoms with Crippen LogP contribution in [0.2, 0.25) is 0 Å². The highest BCUT2D eigenvalue weighted by Gasteiger charge is 1.98. The Morgan fingerprint density at radius 2 is 2.06 bits per heavy atom. The number of hydrogen-bond acceptors (Lipinski definition) is 4. The Labute approximate surface area is 93.8 Å². The summed E-state index contributed by atoms with van der Waals surface area (Å²) in [6.07, 6.45) is 1.66. The number of aryl methyl sites for hydroxylation is 2. The standard InChI is InChI=1S/C11H14N4O/c1-9-4-6-10(7-5-9)16-8-2-3-11-12-14-15-13-11/h4-7H,2-3,8H2,1H3,(H,12,13,14,15). The van der Waals surface area contributed by atoms with Crippen LogP contribution in [-0.4, -0.2) is 27.2 Å². The molecule has 1 aromatic heterocycles. The Morgan fingerprint density at radius 1 is 1.25 bits per heavy atom. The molecule has 0 unspecified atom stereocenters. The number of nitrogens with one attached hydrogen (secondary N) is 1. The van der Waals surface area contributed by atoms with Crippen LogP contribution in [0.15, 0.2) is 24.3 Å². The van der Waals surface area contributed by atoms with Gasteiger partial charge in [0.15, 0.2) is 5.82 Å². The van der Waals surface area contributed by atoms with E-state index in [-0.39, 0.29) is 0 Å². The number of aromatic amines is 1. The normalized spacial score (nSPS) is 10.3. The number of rotatable bonds is 5. The van der Waals surface area contributed by atoms with Gasteiger partial charge in [-0.1, -0.05) is 22.9 Å². The van der Waals surface area contributed by atoms with Crippen LogP contribution in [0.3, 0.4) is 0 Å². The fourth-order valence-electron chi connectivity index (χ4n) is 1.34. The highest BCUT2D eigenvalue weighted by Crippen LogP contribution is 2.11. The average molecular weight is 218 g/mol. The van der Waals surface area contributed by atoms with E-state index in [1.165, 1.54) is 5.56 Å². The topological polar surface area (TPSA) is 63.7 Å². The van der Waals surface area contributed by atoms with E-state index in [1.54, 1.807) is 0 Å². The minimum absolute atomic E-state index is 0.664. The van der Waals surface area contributed by atoms with Crippen molar-refractivity contribution in [3.63, 3.8) is 0 Å². The summed E-state index contributed by atoms with van der Waals surface area (Å²) in [4.78, 5) is 0. The van der Waals surface area contributed by atoms with E-state index in [0.717, 1.165) is 24.4 Å². The number of hydrogen-bond donors (Lipinski definition) is 1. The molecule has 0 saturated heterocycles. The molecule has 0 atom stereocenters. The summed E-state index contributed by atoms with van der Waals surface area (Å²) < 4.78 is 5.57. The van der Waals surface area contributed by atoms with Crippen molar-refractivity contribution in [3.8, 4) is 5.75 Å². The second kappa shape index (κ2) is 5.25. The highest BCUT2D eigenvalue weighted by atomic mass is 16.5. The molecule has 1 N–H and O–H groups in total. The number of ether oxygens (including phenoxy) is 1. The van der Waals surface area contributed by atoms with Gasteiger partial charge in [0.05, 0.1) is 6.61 Å². The lowest BCUT2D eigenvalue weighted by atomic mass is 10.2. The molecule has 84 valence electrons. The van der Waals surface area contributed by atoms with Crippen molar-refractivity contribution in [2.75, 3.05) is 6.61 Å². The molecule has 5 nitrogen and oxygen atoms in total. The highest BCUT2D eigenvalue weighted by molar-refractivity contribution is 5.26. The van der Waals surface area contributed by atoms with Crippen LogP contribution in [0.5, 0.6) is 5.75 Å². The predicted molar refractivity (Wildman–Crippen MR) is 59.2 cm³/mol. The summed E-state index contributed by atoms with van der Waals surface area (Å²) in [5.74, 6) is 1.63. The van der Waals surface area contributed by atoms with Crippen LogP contribution in [-0.2, 0) is 6.42 Å². The van der Waals surface area contributed by atoms with Gasteiger partial charge in [0.2, 0.25) is 0 Å². The lowest BCUT2D eigenvalue weighted by molar-refractivity contribution is 0.310. The third-order valence-electron chi connectivity index (χ3n) is 2.22. The number of H-pyrrole nitrogens is 1. The lowest BCUT2D eigenvalue weighted by Gasteiger charge is -2.04. The van der Waals surface area contributed by atoms with E-state index in [2.05, 4.69) is 27.5 Å². The zero-order chi connectivity index (χ0) is 11.2. The molecule has 0 aliphatic carbocycles. The average Bonchev–Trinajstić information content (AvgIpc) is 2.80. The fraction of sp³-hybridized carbons (Fsp3) is 0.364. The summed E-state index contributed by atoms with van der Waals surface area (Å²) in [5, 5.41) is 13.7. The molecule has 0 aliphatic heterocycles. The number of benzene rings is 1. The molecule has 5 heteroatoms. The molecule has 16 heavy (non-hydrogen) atoms. The van der Waals surface area contributed by atoms with Gasteiger partial charge in [-0.25, -0.2) is 0 Å². The molecule has 0 aliphatic rings. The van der Waals surface area contributed by atoms with Gasteiger partial charge in [0, 0.05) is 6.42 Å². The molecule has 1 aromatic carbocycles. The molecule has 0 spiro atoms. The third-order valence-corrected chi connectivity index (χ3v) is 2.22. The summed E-state index contributed by atoms with van der Waals surface area (Å²) in [7, 11) is 0. The number of aromatic nitrogens is 4. The maximum absolute atomic E-state index is 5.57. The molecule has 2 aromatic rings. The van der Waals surface area contributed by atoms with Crippen LogP contribution < -0.4 is 4.74 Å². The monoisotopic (exact) mass is 218 g/mol. The molecule has 1 heterocycles. The third kappa shape index (κ3) is 3.05. The first-order valence-electron chi connectivity index (χ1n) is 5.26. The molecule has 2 rings (SSSR count). The van der Waals surface area contributed by atoms with Crippen molar-refractivity contribution in [1.82, 2.24) is 20.6 Å². The zero-order valence-corrected chi connectivity index (χ0v) is 9.18. The molecule has 0 fully saturated rings. The molecule has 0 bridgehead atoms. The van der Waals surface area contributed by atoms with Crippen molar-refractivity contribution < 1.29 is 4.74 Å². The van der Waals surface area contributed by atoms with Crippen molar-refractivity contribution in [2.24, 2.45) is 0 Å². The Hall–Kier alpha value is -1.91. The van der Waals surface area contributed by atoms with E-state index in [9.17, 15) is 0 Å². The smallest absolute Gasteiger partial charge is 0.174 e. The fourth-order valence-corrected chi connectivity index (χ4v) is 1.34. The second-order valence-electron chi connectivity index (χ2n) is 3.59. The number of tetrazole rings is 1. The predicted octanol–water partition coefficient (Wildman–Crippen LogP) is 1.52. The van der Waals surface area contributed by atoms with E-state index < -0.39 is 0 Å². The van der Waals surface area contributed by atoms with Gasteiger partial charge >= 0.3 is 0 Å². The Kier molecular flexibility index (Phi) is 3.48. The van der Waals surface area contributed by atoms with Gasteiger partial charge in [-0.2, -0.15) is 5.21 Å². The van der Waals surface area contributed by atoms with Gasteiger partial charge < -0.3 is 4.74 Å². The van der Waals surface area contributed by atoms with Crippen molar-refractivity contribution in [1.29, 1.82) is 0 Å². The van der Waals surface area contributed by atoms with Gasteiger partial charge in [-0.15, -0.1) is 10.2 Å². The van der Waals surface area contributed by atoms with Crippen LogP contribution in [0.25, 0.3) is 0 Å². The summed E-state index contributed by atoms with van der Waals surface area (Å²) in [5.41, 5.74) is 1.24. The van der Waals surface area contributed by atoms with Crippen LogP contribution in [0.1, 0.15) is 17.8 Å². The first kappa shape index (κ1) is 10.6. The maximum atomic E-state index is 5.57. The molecular formula is C11H14N4O. The minimum atomic E-state index is 0.664. The molecular weight excluding hydrogens is 204 g/mol. The molecule has 0 saturated carbocycles. The van der Waals surface area contributed by atoms with Gasteiger partial charge in [-0.05, 0) is 25.5 Å². The SMILES string of the molecule is Cc1ccc(OCCCc2nn[nH]n2)cc1. The first-order valence-corrected chi connectivity index (χ1v) is 5.26. The zero-order valence-electron chi connectivity index (χ0n) is 9.18. The van der Waals surface area contributed by atoms with Crippen molar-refractivity contribution in [2.45, 2.75) is 19.8 Å². The Balaban J connectivity index is 1.70. The van der Waals surface area contributed by atoms with Crippen LogP contribution in [0.4, 0.5) is 0 Å². The molecule has 0 radical (unpaired) electrons. The minimum Gasteiger partial charge on any atom is -0.494 e. The lowest BCUT2D eigenvalue weighted by Crippen LogP contribution is -2.00. The maximum Gasteiger partial charge on any atom is 0.174 e. The first-order chi connectivity index (χ1) is 7.84. The Bertz CT molecular complexity index is 410. The quantitative estimate of drug-likeness (QED) is 0.773. The van der Waals surface area contributed by atoms with Crippen LogP contribution in [0, 0.1) is 6.92 Å². The second-order valence-corrected chi connectivity index (χ2v) is 3.59. The van der Waals surface area contributed by atoms with Crippen molar-refractivity contribution in [3.05, 3.63) is 35.7 Å². The van der Waals surface area contributed by atoms with Gasteiger partial charge in [-0.3, -0.25) is 0 Å².